The monoisotopic (exact) mass is 250 g/mol. The van der Waals surface area contributed by atoms with E-state index in [-0.39, 0.29) is 0 Å². The van der Waals surface area contributed by atoms with Crippen LogP contribution in [0.5, 0.6) is 5.75 Å². The molecule has 3 heteroatoms. The highest BCUT2D eigenvalue weighted by molar-refractivity contribution is 5.84. The Hall–Kier alpha value is -2.55. The zero-order chi connectivity index (χ0) is 13.2. The lowest BCUT2D eigenvalue weighted by atomic mass is 10.1. The minimum absolute atomic E-state index is 0.739. The summed E-state index contributed by atoms with van der Waals surface area (Å²) < 4.78 is 5.21. The number of fused-ring (bicyclic) bond motifs is 1. The number of nitrogen functional groups attached to an aromatic ring is 1. The van der Waals surface area contributed by atoms with Gasteiger partial charge in [-0.1, -0.05) is 24.3 Å². The van der Waals surface area contributed by atoms with Gasteiger partial charge in [-0.2, -0.15) is 0 Å². The van der Waals surface area contributed by atoms with Crippen LogP contribution in [0.25, 0.3) is 22.2 Å². The summed E-state index contributed by atoms with van der Waals surface area (Å²) in [4.78, 5) is 4.65. The lowest BCUT2D eigenvalue weighted by Crippen LogP contribution is -1.92. The van der Waals surface area contributed by atoms with Crippen LogP contribution in [-0.2, 0) is 0 Å². The van der Waals surface area contributed by atoms with Gasteiger partial charge in [-0.25, -0.2) is 4.98 Å². The van der Waals surface area contributed by atoms with E-state index in [9.17, 15) is 0 Å². The molecule has 0 amide bonds. The van der Waals surface area contributed by atoms with Crippen molar-refractivity contribution in [2.45, 2.75) is 0 Å². The van der Waals surface area contributed by atoms with Crippen molar-refractivity contribution in [2.75, 3.05) is 12.8 Å². The number of hydrogen-bond acceptors (Lipinski definition) is 3. The molecule has 19 heavy (non-hydrogen) atoms. The van der Waals surface area contributed by atoms with Gasteiger partial charge in [0.2, 0.25) is 0 Å². The molecule has 0 radical (unpaired) electrons. The molecule has 0 aliphatic carbocycles. The molecule has 0 unspecified atom stereocenters. The lowest BCUT2D eigenvalue weighted by Gasteiger charge is -2.07. The third-order valence-corrected chi connectivity index (χ3v) is 3.13. The maximum atomic E-state index is 5.98. The fourth-order valence-corrected chi connectivity index (χ4v) is 2.11. The molecule has 3 aromatic rings. The summed E-state index contributed by atoms with van der Waals surface area (Å²) in [5, 5.41) is 1.05. The Balaban J connectivity index is 2.15. The molecule has 0 saturated carbocycles. The van der Waals surface area contributed by atoms with Crippen molar-refractivity contribution in [1.82, 2.24) is 4.98 Å². The molecule has 2 aromatic carbocycles. The molecular formula is C16H14N2O. The van der Waals surface area contributed by atoms with E-state index in [0.717, 1.165) is 33.6 Å². The maximum absolute atomic E-state index is 5.98. The second kappa shape index (κ2) is 4.61. The molecule has 94 valence electrons. The molecule has 0 atom stereocenters. The SMILES string of the molecule is COc1ccc2nc(-c3ccccc3N)ccc2c1. The van der Waals surface area contributed by atoms with Gasteiger partial charge in [0.05, 0.1) is 18.3 Å². The number of methoxy groups -OCH3 is 1. The highest BCUT2D eigenvalue weighted by Gasteiger charge is 2.05. The molecule has 3 nitrogen and oxygen atoms in total. The Bertz CT molecular complexity index is 738. The number of anilines is 1. The van der Waals surface area contributed by atoms with Crippen molar-refractivity contribution in [3.63, 3.8) is 0 Å². The van der Waals surface area contributed by atoms with Crippen molar-refractivity contribution >= 4 is 16.6 Å². The molecule has 0 saturated heterocycles. The van der Waals surface area contributed by atoms with E-state index in [0.29, 0.717) is 0 Å². The van der Waals surface area contributed by atoms with Crippen LogP contribution < -0.4 is 10.5 Å². The summed E-state index contributed by atoms with van der Waals surface area (Å²) >= 11 is 0. The summed E-state index contributed by atoms with van der Waals surface area (Å²) in [5.74, 6) is 0.835. The van der Waals surface area contributed by atoms with E-state index >= 15 is 0 Å². The minimum Gasteiger partial charge on any atom is -0.497 e. The largest absolute Gasteiger partial charge is 0.497 e. The van der Waals surface area contributed by atoms with Gasteiger partial charge in [-0.15, -0.1) is 0 Å². The fraction of sp³-hybridized carbons (Fsp3) is 0.0625. The first-order chi connectivity index (χ1) is 9.28. The Labute approximate surface area is 111 Å². The van der Waals surface area contributed by atoms with Crippen molar-refractivity contribution in [1.29, 1.82) is 0 Å². The third-order valence-electron chi connectivity index (χ3n) is 3.13. The highest BCUT2D eigenvalue weighted by Crippen LogP contribution is 2.27. The Morgan fingerprint density at radius 1 is 1.00 bits per heavy atom. The molecule has 0 fully saturated rings. The summed E-state index contributed by atoms with van der Waals surface area (Å²) in [6, 6.07) is 17.6. The summed E-state index contributed by atoms with van der Waals surface area (Å²) in [7, 11) is 1.66. The Morgan fingerprint density at radius 2 is 1.84 bits per heavy atom. The van der Waals surface area contributed by atoms with E-state index in [1.165, 1.54) is 0 Å². The van der Waals surface area contributed by atoms with Gasteiger partial charge in [0.1, 0.15) is 5.75 Å². The molecule has 3 rings (SSSR count). The molecule has 1 heterocycles. The van der Waals surface area contributed by atoms with Crippen molar-refractivity contribution in [3.05, 3.63) is 54.6 Å². The van der Waals surface area contributed by atoms with E-state index in [1.807, 2.05) is 54.6 Å². The van der Waals surface area contributed by atoms with Gasteiger partial charge in [0.15, 0.2) is 0 Å². The van der Waals surface area contributed by atoms with Crippen LogP contribution in [-0.4, -0.2) is 12.1 Å². The molecule has 0 aliphatic heterocycles. The average molecular weight is 250 g/mol. The molecular weight excluding hydrogens is 236 g/mol. The van der Waals surface area contributed by atoms with Gasteiger partial charge >= 0.3 is 0 Å². The number of para-hydroxylation sites is 1. The molecule has 2 N–H and O–H groups in total. The first-order valence-corrected chi connectivity index (χ1v) is 6.07. The zero-order valence-electron chi connectivity index (χ0n) is 10.6. The Kier molecular flexibility index (Phi) is 2.80. The fourth-order valence-electron chi connectivity index (χ4n) is 2.11. The predicted octanol–water partition coefficient (Wildman–Crippen LogP) is 3.49. The molecule has 0 bridgehead atoms. The second-order valence-electron chi connectivity index (χ2n) is 4.34. The number of nitrogens with zero attached hydrogens (tertiary/aromatic N) is 1. The van der Waals surface area contributed by atoms with Crippen LogP contribution in [0.15, 0.2) is 54.6 Å². The number of pyridine rings is 1. The van der Waals surface area contributed by atoms with Crippen molar-refractivity contribution in [2.24, 2.45) is 0 Å². The topological polar surface area (TPSA) is 48.1 Å². The predicted molar refractivity (Wildman–Crippen MR) is 78.1 cm³/mol. The van der Waals surface area contributed by atoms with Crippen LogP contribution in [0, 0.1) is 0 Å². The minimum atomic E-state index is 0.739. The summed E-state index contributed by atoms with van der Waals surface area (Å²) in [6.45, 7) is 0. The first kappa shape index (κ1) is 11.5. The lowest BCUT2D eigenvalue weighted by molar-refractivity contribution is 0.415. The van der Waals surface area contributed by atoms with Crippen LogP contribution >= 0.6 is 0 Å². The smallest absolute Gasteiger partial charge is 0.119 e. The van der Waals surface area contributed by atoms with Crippen LogP contribution in [0.4, 0.5) is 5.69 Å². The van der Waals surface area contributed by atoms with Gasteiger partial charge in [0, 0.05) is 16.6 Å². The molecule has 0 aliphatic rings. The Morgan fingerprint density at radius 3 is 2.63 bits per heavy atom. The van der Waals surface area contributed by atoms with Gasteiger partial charge in [-0.05, 0) is 30.3 Å². The molecule has 1 aromatic heterocycles. The van der Waals surface area contributed by atoms with Gasteiger partial charge in [0.25, 0.3) is 0 Å². The normalized spacial score (nSPS) is 10.6. The quantitative estimate of drug-likeness (QED) is 0.708. The van der Waals surface area contributed by atoms with Gasteiger partial charge in [-0.3, -0.25) is 0 Å². The van der Waals surface area contributed by atoms with Crippen LogP contribution in [0.1, 0.15) is 0 Å². The van der Waals surface area contributed by atoms with Crippen molar-refractivity contribution in [3.8, 4) is 17.0 Å². The first-order valence-electron chi connectivity index (χ1n) is 6.07. The molecule has 0 spiro atoms. The van der Waals surface area contributed by atoms with E-state index in [1.54, 1.807) is 7.11 Å². The number of aromatic nitrogens is 1. The van der Waals surface area contributed by atoms with E-state index < -0.39 is 0 Å². The van der Waals surface area contributed by atoms with Crippen LogP contribution in [0.2, 0.25) is 0 Å². The van der Waals surface area contributed by atoms with E-state index in [4.69, 9.17) is 10.5 Å². The number of ether oxygens (including phenoxy) is 1. The number of nitrogens with two attached hydrogens (primary N) is 1. The zero-order valence-corrected chi connectivity index (χ0v) is 10.6. The number of rotatable bonds is 2. The average Bonchev–Trinajstić information content (AvgIpc) is 2.46. The maximum Gasteiger partial charge on any atom is 0.119 e. The van der Waals surface area contributed by atoms with Crippen molar-refractivity contribution < 1.29 is 4.74 Å². The summed E-state index contributed by atoms with van der Waals surface area (Å²) in [5.41, 5.74) is 9.50. The third kappa shape index (κ3) is 2.10. The van der Waals surface area contributed by atoms with Gasteiger partial charge < -0.3 is 10.5 Å². The highest BCUT2D eigenvalue weighted by atomic mass is 16.5. The van der Waals surface area contributed by atoms with E-state index in [2.05, 4.69) is 4.98 Å². The van der Waals surface area contributed by atoms with Crippen LogP contribution in [0.3, 0.4) is 0 Å². The summed E-state index contributed by atoms with van der Waals surface area (Å²) in [6.07, 6.45) is 0. The number of hydrogen-bond donors (Lipinski definition) is 1. The number of benzene rings is 2. The second-order valence-corrected chi connectivity index (χ2v) is 4.34. The standard InChI is InChI=1S/C16H14N2O/c1-19-12-7-9-15-11(10-12)6-8-16(18-15)13-4-2-3-5-14(13)17/h2-10H,17H2,1H3.